The molecule has 118 valence electrons. The van der Waals surface area contributed by atoms with Crippen molar-refractivity contribution in [1.82, 2.24) is 20.0 Å². The highest BCUT2D eigenvalue weighted by molar-refractivity contribution is 7.09. The van der Waals surface area contributed by atoms with Crippen molar-refractivity contribution in [3.63, 3.8) is 0 Å². The van der Waals surface area contributed by atoms with E-state index in [0.717, 1.165) is 43.6 Å². The van der Waals surface area contributed by atoms with E-state index in [9.17, 15) is 4.79 Å². The highest BCUT2D eigenvalue weighted by atomic mass is 32.1. The number of nitrogens with zero attached hydrogens (tertiary/aromatic N) is 3. The summed E-state index contributed by atoms with van der Waals surface area (Å²) in [7, 11) is 0. The number of aromatic nitrogens is 2. The summed E-state index contributed by atoms with van der Waals surface area (Å²) in [4.78, 5) is 18.5. The largest absolute Gasteiger partial charge is 0.336 e. The molecule has 1 aromatic carbocycles. The number of carbonyl (C=O) groups excluding carboxylic acids is 1. The normalized spacial score (nSPS) is 16.1. The predicted octanol–water partition coefficient (Wildman–Crippen LogP) is 2.58. The van der Waals surface area contributed by atoms with Crippen LogP contribution in [0, 0.1) is 0 Å². The van der Waals surface area contributed by atoms with Gasteiger partial charge >= 0.3 is 0 Å². The minimum Gasteiger partial charge on any atom is -0.336 e. The molecule has 1 aliphatic heterocycles. The van der Waals surface area contributed by atoms with Crippen LogP contribution in [-0.2, 0) is 6.54 Å². The molecule has 1 amide bonds. The number of piperazine rings is 1. The standard InChI is InChI=1S/C17H18N4OS/c22-17(15-5-1-3-13-11-18-19-16(13)15)21-8-6-20(7-9-21)12-14-4-2-10-23-14/h1-5,10-11H,6-9,12H2,(H,18,19). The third-order valence-electron chi connectivity index (χ3n) is 4.33. The molecule has 3 heterocycles. The van der Waals surface area contributed by atoms with Crippen molar-refractivity contribution in [1.29, 1.82) is 0 Å². The maximum Gasteiger partial charge on any atom is 0.256 e. The molecule has 0 atom stereocenters. The number of thiophene rings is 1. The molecule has 1 aliphatic rings. The number of hydrogen-bond donors (Lipinski definition) is 1. The summed E-state index contributed by atoms with van der Waals surface area (Å²) in [5.74, 6) is 0.0932. The Labute approximate surface area is 138 Å². The summed E-state index contributed by atoms with van der Waals surface area (Å²) in [5, 5.41) is 10.1. The summed E-state index contributed by atoms with van der Waals surface area (Å²) in [6.45, 7) is 4.37. The molecular formula is C17H18N4OS. The van der Waals surface area contributed by atoms with Crippen molar-refractivity contribution in [2.75, 3.05) is 26.2 Å². The molecule has 1 fully saturated rings. The molecule has 0 radical (unpaired) electrons. The van der Waals surface area contributed by atoms with Gasteiger partial charge in [0.25, 0.3) is 5.91 Å². The molecule has 0 bridgehead atoms. The highest BCUT2D eigenvalue weighted by Crippen LogP contribution is 2.19. The van der Waals surface area contributed by atoms with Crippen LogP contribution in [0.3, 0.4) is 0 Å². The van der Waals surface area contributed by atoms with Crippen molar-refractivity contribution >= 4 is 28.1 Å². The van der Waals surface area contributed by atoms with Crippen molar-refractivity contribution in [2.45, 2.75) is 6.54 Å². The zero-order chi connectivity index (χ0) is 15.6. The van der Waals surface area contributed by atoms with Crippen molar-refractivity contribution in [2.24, 2.45) is 0 Å². The summed E-state index contributed by atoms with van der Waals surface area (Å²) >= 11 is 1.79. The van der Waals surface area contributed by atoms with E-state index in [0.29, 0.717) is 5.56 Å². The number of H-pyrrole nitrogens is 1. The van der Waals surface area contributed by atoms with Gasteiger partial charge in [-0.3, -0.25) is 14.8 Å². The van der Waals surface area contributed by atoms with Gasteiger partial charge in [-0.25, -0.2) is 0 Å². The summed E-state index contributed by atoms with van der Waals surface area (Å²) < 4.78 is 0. The van der Waals surface area contributed by atoms with Gasteiger partial charge in [-0.05, 0) is 17.5 Å². The zero-order valence-electron chi connectivity index (χ0n) is 12.7. The minimum atomic E-state index is 0.0932. The van der Waals surface area contributed by atoms with E-state index in [1.165, 1.54) is 4.88 Å². The Morgan fingerprint density at radius 3 is 2.83 bits per heavy atom. The fourth-order valence-electron chi connectivity index (χ4n) is 3.05. The first-order valence-corrected chi connectivity index (χ1v) is 8.65. The fraction of sp³-hybridized carbons (Fsp3) is 0.294. The van der Waals surface area contributed by atoms with Crippen LogP contribution in [0.4, 0.5) is 0 Å². The predicted molar refractivity (Wildman–Crippen MR) is 91.6 cm³/mol. The second kappa shape index (κ2) is 6.14. The molecule has 1 N–H and O–H groups in total. The van der Waals surface area contributed by atoms with Gasteiger partial charge < -0.3 is 4.90 Å². The van der Waals surface area contributed by atoms with Crippen LogP contribution in [0.25, 0.3) is 10.9 Å². The Hall–Kier alpha value is -2.18. The monoisotopic (exact) mass is 326 g/mol. The van der Waals surface area contributed by atoms with Crippen molar-refractivity contribution in [3.05, 3.63) is 52.3 Å². The second-order valence-corrected chi connectivity index (χ2v) is 6.82. The molecule has 0 unspecified atom stereocenters. The topological polar surface area (TPSA) is 52.2 Å². The maximum atomic E-state index is 12.8. The first kappa shape index (κ1) is 14.4. The Balaban J connectivity index is 1.44. The van der Waals surface area contributed by atoms with E-state index >= 15 is 0 Å². The molecule has 4 rings (SSSR count). The van der Waals surface area contributed by atoms with Crippen LogP contribution in [-0.4, -0.2) is 52.1 Å². The lowest BCUT2D eigenvalue weighted by Crippen LogP contribution is -2.48. The quantitative estimate of drug-likeness (QED) is 0.805. The number of hydrogen-bond acceptors (Lipinski definition) is 4. The number of amides is 1. The first-order chi connectivity index (χ1) is 11.3. The molecule has 2 aromatic heterocycles. The number of benzene rings is 1. The summed E-state index contributed by atoms with van der Waals surface area (Å²) in [6.07, 6.45) is 1.76. The van der Waals surface area contributed by atoms with E-state index in [4.69, 9.17) is 0 Å². The van der Waals surface area contributed by atoms with Crippen LogP contribution >= 0.6 is 11.3 Å². The third kappa shape index (κ3) is 2.87. The van der Waals surface area contributed by atoms with Crippen LogP contribution in [0.5, 0.6) is 0 Å². The molecule has 0 spiro atoms. The molecule has 5 nitrogen and oxygen atoms in total. The zero-order valence-corrected chi connectivity index (χ0v) is 13.6. The fourth-order valence-corrected chi connectivity index (χ4v) is 3.80. The number of para-hydroxylation sites is 1. The van der Waals surface area contributed by atoms with Gasteiger partial charge in [0.15, 0.2) is 0 Å². The van der Waals surface area contributed by atoms with Gasteiger partial charge in [-0.2, -0.15) is 5.10 Å². The van der Waals surface area contributed by atoms with Crippen molar-refractivity contribution < 1.29 is 4.79 Å². The van der Waals surface area contributed by atoms with Gasteiger partial charge in [0.1, 0.15) is 0 Å². The molecule has 0 aliphatic carbocycles. The molecule has 3 aromatic rings. The number of rotatable bonds is 3. The minimum absolute atomic E-state index is 0.0932. The van der Waals surface area contributed by atoms with E-state index in [1.807, 2.05) is 23.1 Å². The molecule has 23 heavy (non-hydrogen) atoms. The Kier molecular flexibility index (Phi) is 3.85. The van der Waals surface area contributed by atoms with Gasteiger partial charge in [0.05, 0.1) is 17.3 Å². The van der Waals surface area contributed by atoms with Gasteiger partial charge in [-0.1, -0.05) is 18.2 Å². The molecule has 1 saturated heterocycles. The van der Waals surface area contributed by atoms with E-state index in [1.54, 1.807) is 17.5 Å². The first-order valence-electron chi connectivity index (χ1n) is 7.77. The molecule has 0 saturated carbocycles. The van der Waals surface area contributed by atoms with E-state index in [2.05, 4.69) is 32.6 Å². The third-order valence-corrected chi connectivity index (χ3v) is 5.19. The average molecular weight is 326 g/mol. The Bertz CT molecular complexity index is 803. The second-order valence-electron chi connectivity index (χ2n) is 5.79. The number of fused-ring (bicyclic) bond motifs is 1. The van der Waals surface area contributed by atoms with Gasteiger partial charge in [0, 0.05) is 43.0 Å². The molecular weight excluding hydrogens is 308 g/mol. The van der Waals surface area contributed by atoms with E-state index < -0.39 is 0 Å². The lowest BCUT2D eigenvalue weighted by Gasteiger charge is -2.34. The number of nitrogens with one attached hydrogen (secondary N) is 1. The lowest BCUT2D eigenvalue weighted by molar-refractivity contribution is 0.0631. The number of aromatic amines is 1. The SMILES string of the molecule is O=C(c1cccc2cn[nH]c12)N1CCN(Cc2cccs2)CC1. The van der Waals surface area contributed by atoms with Crippen LogP contribution in [0.15, 0.2) is 41.9 Å². The maximum absolute atomic E-state index is 12.8. The van der Waals surface area contributed by atoms with Gasteiger partial charge in [-0.15, -0.1) is 11.3 Å². The Morgan fingerprint density at radius 1 is 1.17 bits per heavy atom. The lowest BCUT2D eigenvalue weighted by atomic mass is 10.1. The average Bonchev–Trinajstić information content (AvgIpc) is 3.25. The number of carbonyl (C=O) groups is 1. The summed E-state index contributed by atoms with van der Waals surface area (Å²) in [5.41, 5.74) is 1.55. The van der Waals surface area contributed by atoms with Crippen LogP contribution in [0.1, 0.15) is 15.2 Å². The van der Waals surface area contributed by atoms with Crippen molar-refractivity contribution in [3.8, 4) is 0 Å². The Morgan fingerprint density at radius 2 is 2.04 bits per heavy atom. The van der Waals surface area contributed by atoms with Crippen LogP contribution in [0.2, 0.25) is 0 Å². The smallest absolute Gasteiger partial charge is 0.256 e. The van der Waals surface area contributed by atoms with E-state index in [-0.39, 0.29) is 5.91 Å². The van der Waals surface area contributed by atoms with Gasteiger partial charge in [0.2, 0.25) is 0 Å². The van der Waals surface area contributed by atoms with Crippen LogP contribution < -0.4 is 0 Å². The highest BCUT2D eigenvalue weighted by Gasteiger charge is 2.23. The molecule has 6 heteroatoms. The summed E-state index contributed by atoms with van der Waals surface area (Å²) in [6, 6.07) is 10.0.